The fraction of sp³-hybridized carbons (Fsp3) is 0.647. The molecule has 0 saturated carbocycles. The highest BCUT2D eigenvalue weighted by Gasteiger charge is 2.45. The maximum atomic E-state index is 6.44. The van der Waals surface area contributed by atoms with Crippen molar-refractivity contribution in [2.24, 2.45) is 5.41 Å². The van der Waals surface area contributed by atoms with E-state index in [2.05, 4.69) is 120 Å². The lowest BCUT2D eigenvalue weighted by atomic mass is 9.79. The Hall–Kier alpha value is -1.26. The highest BCUT2D eigenvalue weighted by Crippen LogP contribution is 2.55. The third-order valence-electron chi connectivity index (χ3n) is 7.85. The zero-order valence-electron chi connectivity index (χ0n) is 28.1. The topological polar surface area (TPSA) is 55.4 Å². The second-order valence-electron chi connectivity index (χ2n) is 16.1. The van der Waals surface area contributed by atoms with Gasteiger partial charge in [-0.05, 0) is 51.3 Å². The van der Waals surface area contributed by atoms with E-state index in [9.17, 15) is 0 Å². The largest absolute Gasteiger partial charge is 0.426 e. The van der Waals surface area contributed by atoms with E-state index >= 15 is 0 Å². The predicted octanol–water partition coefficient (Wildman–Crippen LogP) is 10.2. The first-order valence-corrected chi connectivity index (χ1v) is 17.2. The van der Waals surface area contributed by atoms with Gasteiger partial charge in [-0.25, -0.2) is 0 Å². The molecule has 0 unspecified atom stereocenters. The Bertz CT molecular complexity index is 1240. The standard InChI is InChI=1S/C34H52O6P2/c1-23-16-25(31(5,6)7)18-27(33(11,12)13)29(23)40-42-37-21-34(22-38-42)19-35-41(36-20-34)39-28-15-14-24(30(2,3)4)17-26(28)32(8,9)10/h14-18H,19-22H2,1-13H3. The summed E-state index contributed by atoms with van der Waals surface area (Å²) in [7, 11) is -3.06. The molecule has 0 aliphatic carbocycles. The van der Waals surface area contributed by atoms with Gasteiger partial charge in [0.1, 0.15) is 11.5 Å². The fourth-order valence-corrected chi connectivity index (χ4v) is 7.48. The molecule has 0 atom stereocenters. The molecule has 2 fully saturated rings. The van der Waals surface area contributed by atoms with Gasteiger partial charge in [-0.1, -0.05) is 107 Å². The molecule has 234 valence electrons. The van der Waals surface area contributed by atoms with Crippen LogP contribution in [0.3, 0.4) is 0 Å². The van der Waals surface area contributed by atoms with Crippen LogP contribution in [0, 0.1) is 12.3 Å². The van der Waals surface area contributed by atoms with Crippen molar-refractivity contribution in [3.63, 3.8) is 0 Å². The summed E-state index contributed by atoms with van der Waals surface area (Å²) in [5, 5.41) is 0. The molecular weight excluding hydrogens is 566 g/mol. The number of benzene rings is 2. The van der Waals surface area contributed by atoms with E-state index < -0.39 is 17.2 Å². The van der Waals surface area contributed by atoms with Crippen molar-refractivity contribution >= 4 is 17.2 Å². The first-order valence-electron chi connectivity index (χ1n) is 15.0. The van der Waals surface area contributed by atoms with Gasteiger partial charge in [0.25, 0.3) is 0 Å². The number of aryl methyl sites for hydroxylation is 1. The summed E-state index contributed by atoms with van der Waals surface area (Å²) in [4.78, 5) is 0. The van der Waals surface area contributed by atoms with Gasteiger partial charge in [-0.15, -0.1) is 0 Å². The zero-order valence-corrected chi connectivity index (χ0v) is 29.8. The zero-order chi connectivity index (χ0) is 31.3. The highest BCUT2D eigenvalue weighted by atomic mass is 31.2. The molecular formula is C34H52O6P2. The van der Waals surface area contributed by atoms with E-state index in [1.165, 1.54) is 16.7 Å². The number of rotatable bonds is 4. The van der Waals surface area contributed by atoms with Crippen LogP contribution in [0.25, 0.3) is 0 Å². The van der Waals surface area contributed by atoms with Gasteiger partial charge in [0, 0.05) is 11.1 Å². The van der Waals surface area contributed by atoms with Crippen LogP contribution in [0.1, 0.15) is 111 Å². The SMILES string of the molecule is Cc1cc(C(C)(C)C)cc(C(C)(C)C)c1OP1OCC2(COP(Oc3ccc(C(C)(C)C)cc3C(C)(C)C)OC2)CO1. The van der Waals surface area contributed by atoms with Crippen LogP contribution >= 0.6 is 17.2 Å². The minimum absolute atomic E-state index is 0.0487. The van der Waals surface area contributed by atoms with Crippen molar-refractivity contribution in [2.75, 3.05) is 26.4 Å². The summed E-state index contributed by atoms with van der Waals surface area (Å²) in [6.45, 7) is 30.5. The van der Waals surface area contributed by atoms with Gasteiger partial charge in [0.15, 0.2) is 0 Å². The first-order chi connectivity index (χ1) is 19.2. The summed E-state index contributed by atoms with van der Waals surface area (Å²) in [5.41, 5.74) is 5.54. The van der Waals surface area contributed by atoms with Crippen LogP contribution in [0.15, 0.2) is 30.3 Å². The molecule has 6 nitrogen and oxygen atoms in total. The molecule has 42 heavy (non-hydrogen) atoms. The molecule has 0 aromatic heterocycles. The summed E-state index contributed by atoms with van der Waals surface area (Å²) < 4.78 is 37.4. The molecule has 0 bridgehead atoms. The van der Waals surface area contributed by atoms with Gasteiger partial charge < -0.3 is 27.1 Å². The van der Waals surface area contributed by atoms with E-state index in [4.69, 9.17) is 27.1 Å². The lowest BCUT2D eigenvalue weighted by Gasteiger charge is -2.41. The molecule has 2 aliphatic rings. The van der Waals surface area contributed by atoms with E-state index in [0.29, 0.717) is 26.4 Å². The molecule has 2 aromatic carbocycles. The maximum absolute atomic E-state index is 6.44. The Morgan fingerprint density at radius 2 is 1.02 bits per heavy atom. The molecule has 1 spiro atoms. The highest BCUT2D eigenvalue weighted by molar-refractivity contribution is 7.42. The van der Waals surface area contributed by atoms with Gasteiger partial charge in [0.05, 0.1) is 31.8 Å². The molecule has 2 heterocycles. The molecule has 4 rings (SSSR count). The molecule has 2 aliphatic heterocycles. The normalized spacial score (nSPS) is 24.1. The van der Waals surface area contributed by atoms with Gasteiger partial charge in [-0.3, -0.25) is 0 Å². The van der Waals surface area contributed by atoms with Crippen molar-refractivity contribution in [1.29, 1.82) is 0 Å². The number of hydrogen-bond donors (Lipinski definition) is 0. The van der Waals surface area contributed by atoms with Crippen molar-refractivity contribution < 1.29 is 27.1 Å². The first kappa shape index (κ1) is 33.6. The van der Waals surface area contributed by atoms with Crippen LogP contribution in [-0.4, -0.2) is 26.4 Å². The smallest absolute Gasteiger partial charge is 0.397 e. The van der Waals surface area contributed by atoms with Gasteiger partial charge >= 0.3 is 17.2 Å². The Kier molecular flexibility index (Phi) is 9.54. The summed E-state index contributed by atoms with van der Waals surface area (Å²) in [5.74, 6) is 1.67. The second kappa shape index (κ2) is 11.9. The average Bonchev–Trinajstić information content (AvgIpc) is 2.85. The Morgan fingerprint density at radius 1 is 0.571 bits per heavy atom. The number of hydrogen-bond acceptors (Lipinski definition) is 6. The summed E-state index contributed by atoms with van der Waals surface area (Å²) in [6, 6.07) is 10.9. The molecule has 0 radical (unpaired) electrons. The third-order valence-corrected chi connectivity index (χ3v) is 9.88. The van der Waals surface area contributed by atoms with Crippen LogP contribution in [-0.2, 0) is 39.8 Å². The van der Waals surface area contributed by atoms with E-state index in [-0.39, 0.29) is 27.1 Å². The van der Waals surface area contributed by atoms with Gasteiger partial charge in [0.2, 0.25) is 0 Å². The lowest BCUT2D eigenvalue weighted by molar-refractivity contribution is -0.0673. The Morgan fingerprint density at radius 3 is 1.48 bits per heavy atom. The molecule has 8 heteroatoms. The van der Waals surface area contributed by atoms with E-state index in [1.807, 2.05) is 0 Å². The van der Waals surface area contributed by atoms with Gasteiger partial charge in [-0.2, -0.15) is 0 Å². The minimum Gasteiger partial charge on any atom is -0.426 e. The molecule has 2 aromatic rings. The van der Waals surface area contributed by atoms with Crippen molar-refractivity contribution in [3.8, 4) is 11.5 Å². The Balaban J connectivity index is 1.39. The monoisotopic (exact) mass is 618 g/mol. The Labute approximate surface area is 257 Å². The van der Waals surface area contributed by atoms with Crippen molar-refractivity contribution in [1.82, 2.24) is 0 Å². The lowest BCUT2D eigenvalue weighted by Crippen LogP contribution is -2.45. The van der Waals surface area contributed by atoms with Crippen molar-refractivity contribution in [2.45, 2.75) is 112 Å². The minimum atomic E-state index is -1.53. The third kappa shape index (κ3) is 7.87. The van der Waals surface area contributed by atoms with E-state index in [0.717, 1.165) is 22.6 Å². The van der Waals surface area contributed by atoms with Crippen LogP contribution in [0.5, 0.6) is 11.5 Å². The van der Waals surface area contributed by atoms with Crippen LogP contribution in [0.4, 0.5) is 0 Å². The van der Waals surface area contributed by atoms with Crippen molar-refractivity contribution in [3.05, 3.63) is 58.1 Å². The second-order valence-corrected chi connectivity index (χ2v) is 18.4. The van der Waals surface area contributed by atoms with E-state index in [1.54, 1.807) is 0 Å². The fourth-order valence-electron chi connectivity index (χ4n) is 4.89. The van der Waals surface area contributed by atoms with Crippen LogP contribution in [0.2, 0.25) is 0 Å². The average molecular weight is 619 g/mol. The predicted molar refractivity (Wildman–Crippen MR) is 174 cm³/mol. The summed E-state index contributed by atoms with van der Waals surface area (Å²) >= 11 is 0. The van der Waals surface area contributed by atoms with Crippen LogP contribution < -0.4 is 9.05 Å². The quantitative estimate of drug-likeness (QED) is 0.318. The molecule has 0 N–H and O–H groups in total. The maximum Gasteiger partial charge on any atom is 0.397 e. The molecule has 0 amide bonds. The summed E-state index contributed by atoms with van der Waals surface area (Å²) in [6.07, 6.45) is 0. The molecule has 2 saturated heterocycles.